The van der Waals surface area contributed by atoms with Gasteiger partial charge >= 0.3 is 6.18 Å². The summed E-state index contributed by atoms with van der Waals surface area (Å²) in [6, 6.07) is 19.0. The maximum absolute atomic E-state index is 13.2. The van der Waals surface area contributed by atoms with Gasteiger partial charge in [-0.3, -0.25) is 4.79 Å². The number of aryl methyl sites for hydroxylation is 1. The number of alkyl halides is 3. The van der Waals surface area contributed by atoms with Gasteiger partial charge in [0.25, 0.3) is 0 Å². The van der Waals surface area contributed by atoms with Crippen LogP contribution in [0.2, 0.25) is 0 Å². The molecule has 8 heteroatoms. The Balaban J connectivity index is 1.58. The predicted octanol–water partition coefficient (Wildman–Crippen LogP) is 6.87. The van der Waals surface area contributed by atoms with Gasteiger partial charge in [-0.2, -0.15) is 18.4 Å². The van der Waals surface area contributed by atoms with Gasteiger partial charge in [-0.25, -0.2) is 0 Å². The summed E-state index contributed by atoms with van der Waals surface area (Å²) in [6.07, 6.45) is -2.98. The summed E-state index contributed by atoms with van der Waals surface area (Å²) >= 11 is 0. The van der Waals surface area contributed by atoms with Crippen LogP contribution < -0.4 is 9.47 Å². The van der Waals surface area contributed by atoms with Crippen LogP contribution >= 0.6 is 0 Å². The molecule has 1 N–H and O–H groups in total. The Morgan fingerprint density at radius 2 is 1.83 bits per heavy atom. The lowest BCUT2D eigenvalue weighted by Gasteiger charge is -2.13. The highest BCUT2D eigenvalue weighted by atomic mass is 19.4. The molecule has 4 rings (SSSR count). The number of ether oxygens (including phenoxy) is 2. The molecule has 0 aliphatic carbocycles. The number of nitriles is 1. The summed E-state index contributed by atoms with van der Waals surface area (Å²) in [5, 5.41) is 10.4. The van der Waals surface area contributed by atoms with Gasteiger partial charge in [0, 0.05) is 16.6 Å². The molecule has 1 aromatic heterocycles. The number of rotatable bonds is 7. The lowest BCUT2D eigenvalue weighted by molar-refractivity contribution is -0.137. The third kappa shape index (κ3) is 5.10. The average molecular weight is 490 g/mol. The SMILES string of the molecule is COc1cc(C=C(C#N)C(=O)c2c(C)[nH]c3ccccc23)ccc1OCc1cccc(C(F)(F)F)c1. The molecular formula is C28H21F3N2O3. The second kappa shape index (κ2) is 10.0. The molecule has 0 fully saturated rings. The topological polar surface area (TPSA) is 75.1 Å². The highest BCUT2D eigenvalue weighted by molar-refractivity contribution is 6.20. The van der Waals surface area contributed by atoms with E-state index in [0.29, 0.717) is 33.9 Å². The van der Waals surface area contributed by atoms with E-state index in [9.17, 15) is 23.2 Å². The van der Waals surface area contributed by atoms with E-state index in [1.807, 2.05) is 30.3 Å². The molecule has 0 atom stereocenters. The number of carbonyl (C=O) groups excluding carboxylic acids is 1. The maximum atomic E-state index is 13.2. The van der Waals surface area contributed by atoms with Crippen molar-refractivity contribution in [1.29, 1.82) is 5.26 Å². The fourth-order valence-corrected chi connectivity index (χ4v) is 3.91. The molecule has 0 radical (unpaired) electrons. The van der Waals surface area contributed by atoms with Gasteiger partial charge in [0.05, 0.1) is 18.2 Å². The van der Waals surface area contributed by atoms with Crippen molar-refractivity contribution in [2.75, 3.05) is 7.11 Å². The van der Waals surface area contributed by atoms with Crippen molar-refractivity contribution in [3.63, 3.8) is 0 Å². The van der Waals surface area contributed by atoms with Crippen molar-refractivity contribution in [1.82, 2.24) is 4.98 Å². The largest absolute Gasteiger partial charge is 0.493 e. The number of benzene rings is 3. The number of hydrogen-bond donors (Lipinski definition) is 1. The number of hydrogen-bond acceptors (Lipinski definition) is 4. The first-order valence-corrected chi connectivity index (χ1v) is 10.9. The number of aromatic amines is 1. The zero-order chi connectivity index (χ0) is 25.9. The molecule has 0 saturated carbocycles. The molecule has 36 heavy (non-hydrogen) atoms. The third-order valence-corrected chi connectivity index (χ3v) is 5.63. The normalized spacial score (nSPS) is 11.8. The minimum Gasteiger partial charge on any atom is -0.493 e. The van der Waals surface area contributed by atoms with E-state index >= 15 is 0 Å². The van der Waals surface area contributed by atoms with Crippen LogP contribution in [-0.4, -0.2) is 17.9 Å². The van der Waals surface area contributed by atoms with Crippen LogP contribution in [0.4, 0.5) is 13.2 Å². The third-order valence-electron chi connectivity index (χ3n) is 5.63. The van der Waals surface area contributed by atoms with Gasteiger partial charge < -0.3 is 14.5 Å². The first-order valence-electron chi connectivity index (χ1n) is 10.9. The average Bonchev–Trinajstić information content (AvgIpc) is 3.21. The fraction of sp³-hybridized carbons (Fsp3) is 0.143. The van der Waals surface area contributed by atoms with Gasteiger partial charge in [0.15, 0.2) is 11.5 Å². The Hall–Kier alpha value is -4.51. The summed E-state index contributed by atoms with van der Waals surface area (Å²) in [5.74, 6) is 0.212. The Kier molecular flexibility index (Phi) is 6.84. The first kappa shape index (κ1) is 24.6. The summed E-state index contributed by atoms with van der Waals surface area (Å²) in [6.45, 7) is 1.68. The van der Waals surface area contributed by atoms with Crippen molar-refractivity contribution >= 4 is 22.8 Å². The Morgan fingerprint density at radius 3 is 2.56 bits per heavy atom. The van der Waals surface area contributed by atoms with E-state index < -0.39 is 17.5 Å². The van der Waals surface area contributed by atoms with Crippen molar-refractivity contribution in [2.45, 2.75) is 19.7 Å². The molecule has 0 aliphatic rings. The second-order valence-electron chi connectivity index (χ2n) is 8.07. The smallest absolute Gasteiger partial charge is 0.416 e. The van der Waals surface area contributed by atoms with Crippen molar-refractivity contribution in [3.05, 3.63) is 100 Å². The Morgan fingerprint density at radius 1 is 1.06 bits per heavy atom. The van der Waals surface area contributed by atoms with Crippen molar-refractivity contribution in [3.8, 4) is 17.6 Å². The van der Waals surface area contributed by atoms with Crippen LogP contribution in [0.5, 0.6) is 11.5 Å². The quantitative estimate of drug-likeness (QED) is 0.174. The second-order valence-corrected chi connectivity index (χ2v) is 8.07. The van der Waals surface area contributed by atoms with Gasteiger partial charge in [-0.1, -0.05) is 36.4 Å². The van der Waals surface area contributed by atoms with Crippen LogP contribution in [0.25, 0.3) is 17.0 Å². The number of Topliss-reactive ketones (excluding diaryl/α,β-unsaturated/α-hetero) is 1. The standard InChI is InChI=1S/C28H21F3N2O3/c1-17-26(22-8-3-4-9-23(22)33-17)27(34)20(15-32)12-18-10-11-24(25(14-18)35-2)36-16-19-6-5-7-21(13-19)28(29,30)31/h3-14,33H,16H2,1-2H3. The summed E-state index contributed by atoms with van der Waals surface area (Å²) in [4.78, 5) is 16.4. The van der Waals surface area contributed by atoms with E-state index in [1.54, 1.807) is 25.1 Å². The number of halogens is 3. The summed E-state index contributed by atoms with van der Waals surface area (Å²) < 4.78 is 49.9. The van der Waals surface area contributed by atoms with E-state index in [4.69, 9.17) is 9.47 Å². The monoisotopic (exact) mass is 490 g/mol. The molecule has 0 aliphatic heterocycles. The predicted molar refractivity (Wildman–Crippen MR) is 130 cm³/mol. The molecule has 3 aromatic carbocycles. The van der Waals surface area contributed by atoms with Crippen LogP contribution in [0.3, 0.4) is 0 Å². The number of aromatic nitrogens is 1. The Labute approximate surface area is 205 Å². The molecule has 4 aromatic rings. The van der Waals surface area contributed by atoms with E-state index in [0.717, 1.165) is 23.0 Å². The molecular weight excluding hydrogens is 469 g/mol. The minimum absolute atomic E-state index is 0.0532. The first-order chi connectivity index (χ1) is 17.2. The number of carbonyl (C=O) groups is 1. The van der Waals surface area contributed by atoms with Crippen LogP contribution in [0.1, 0.15) is 32.7 Å². The zero-order valence-corrected chi connectivity index (χ0v) is 19.4. The molecule has 0 bridgehead atoms. The molecule has 0 saturated heterocycles. The number of methoxy groups -OCH3 is 1. The highest BCUT2D eigenvalue weighted by Crippen LogP contribution is 2.32. The summed E-state index contributed by atoms with van der Waals surface area (Å²) in [7, 11) is 1.42. The maximum Gasteiger partial charge on any atom is 0.416 e. The number of fused-ring (bicyclic) bond motifs is 1. The highest BCUT2D eigenvalue weighted by Gasteiger charge is 2.30. The lowest BCUT2D eigenvalue weighted by atomic mass is 9.99. The Bertz CT molecular complexity index is 1510. The molecule has 1 heterocycles. The van der Waals surface area contributed by atoms with Crippen molar-refractivity contribution < 1.29 is 27.4 Å². The van der Waals surface area contributed by atoms with Gasteiger partial charge in [-0.05, 0) is 54.5 Å². The van der Waals surface area contributed by atoms with E-state index in [2.05, 4.69) is 4.98 Å². The van der Waals surface area contributed by atoms with Gasteiger partial charge in [-0.15, -0.1) is 0 Å². The molecule has 0 amide bonds. The number of nitrogens with zero attached hydrogens (tertiary/aromatic N) is 1. The van der Waals surface area contributed by atoms with Crippen molar-refractivity contribution in [2.24, 2.45) is 0 Å². The van der Waals surface area contributed by atoms with Gasteiger partial charge in [0.2, 0.25) is 5.78 Å². The van der Waals surface area contributed by atoms with E-state index in [-0.39, 0.29) is 12.2 Å². The molecule has 0 spiro atoms. The van der Waals surface area contributed by atoms with Crippen LogP contribution in [-0.2, 0) is 12.8 Å². The number of ketones is 1. The minimum atomic E-state index is -4.44. The lowest BCUT2D eigenvalue weighted by Crippen LogP contribution is -2.06. The molecule has 5 nitrogen and oxygen atoms in total. The van der Waals surface area contributed by atoms with Crippen LogP contribution in [0, 0.1) is 18.3 Å². The zero-order valence-electron chi connectivity index (χ0n) is 19.4. The molecule has 0 unspecified atom stereocenters. The number of H-pyrrole nitrogens is 1. The number of allylic oxidation sites excluding steroid dienone is 1. The number of nitrogens with one attached hydrogen (secondary N) is 1. The van der Waals surface area contributed by atoms with E-state index in [1.165, 1.54) is 25.3 Å². The van der Waals surface area contributed by atoms with Gasteiger partial charge in [0.1, 0.15) is 18.2 Å². The summed E-state index contributed by atoms with van der Waals surface area (Å²) in [5.41, 5.74) is 1.98. The number of para-hydroxylation sites is 1. The molecule has 182 valence electrons. The van der Waals surface area contributed by atoms with Crippen LogP contribution in [0.15, 0.2) is 72.3 Å². The fourth-order valence-electron chi connectivity index (χ4n) is 3.91.